The average molecular weight is 417 g/mol. The molecule has 5 rings (SSSR count). The van der Waals surface area contributed by atoms with Crippen molar-refractivity contribution in [3.8, 4) is 16.9 Å². The molecule has 0 spiro atoms. The second-order valence-corrected chi connectivity index (χ2v) is 7.57. The SMILES string of the molecule is COc1ccc(-c2ccc3c(C4CN(C(=O)c5cccn5C)CCO4)nnn3c2)cc1. The van der Waals surface area contributed by atoms with Crippen molar-refractivity contribution in [1.82, 2.24) is 24.3 Å². The van der Waals surface area contributed by atoms with E-state index in [0.717, 1.165) is 28.1 Å². The number of amides is 1. The largest absolute Gasteiger partial charge is 0.497 e. The summed E-state index contributed by atoms with van der Waals surface area (Å²) in [5.74, 6) is 0.816. The molecular formula is C23H23N5O3. The standard InChI is InChI=1S/C23H23N5O3/c1-26-11-3-4-20(26)23(29)27-12-13-31-21(15-27)22-19-10-7-17(14-28(19)25-24-22)16-5-8-18(30-2)9-6-16/h3-11,14,21H,12-13,15H2,1-2H3. The molecule has 31 heavy (non-hydrogen) atoms. The predicted octanol–water partition coefficient (Wildman–Crippen LogP) is 2.96. The Morgan fingerprint density at radius 1 is 1.13 bits per heavy atom. The summed E-state index contributed by atoms with van der Waals surface area (Å²) in [7, 11) is 3.53. The van der Waals surface area contributed by atoms with Crippen molar-refractivity contribution in [1.29, 1.82) is 0 Å². The highest BCUT2D eigenvalue weighted by Gasteiger charge is 2.30. The molecule has 0 N–H and O–H groups in total. The number of rotatable bonds is 4. The van der Waals surface area contributed by atoms with Crippen LogP contribution < -0.4 is 4.74 Å². The molecule has 4 aromatic rings. The van der Waals surface area contributed by atoms with E-state index in [1.165, 1.54) is 0 Å². The number of aryl methyl sites for hydroxylation is 1. The number of pyridine rings is 1. The number of carbonyl (C=O) groups excluding carboxylic acids is 1. The summed E-state index contributed by atoms with van der Waals surface area (Å²) in [5, 5.41) is 8.68. The topological polar surface area (TPSA) is 73.9 Å². The molecule has 0 radical (unpaired) electrons. The van der Waals surface area contributed by atoms with Crippen LogP contribution in [0.1, 0.15) is 22.3 Å². The van der Waals surface area contributed by atoms with Crippen LogP contribution in [0, 0.1) is 0 Å². The van der Waals surface area contributed by atoms with Crippen LogP contribution in [-0.4, -0.2) is 57.0 Å². The highest BCUT2D eigenvalue weighted by molar-refractivity contribution is 5.92. The Bertz CT molecular complexity index is 1230. The Hall–Kier alpha value is -3.65. The molecule has 1 fully saturated rings. The van der Waals surface area contributed by atoms with E-state index in [0.29, 0.717) is 25.4 Å². The molecule has 8 nitrogen and oxygen atoms in total. The zero-order chi connectivity index (χ0) is 21.4. The van der Waals surface area contributed by atoms with Gasteiger partial charge in [0.15, 0.2) is 0 Å². The Morgan fingerprint density at radius 2 is 1.94 bits per heavy atom. The molecule has 1 saturated heterocycles. The van der Waals surface area contributed by atoms with E-state index in [1.54, 1.807) is 11.6 Å². The summed E-state index contributed by atoms with van der Waals surface area (Å²) in [6.45, 7) is 1.46. The molecule has 1 amide bonds. The number of nitrogens with zero attached hydrogens (tertiary/aromatic N) is 5. The number of hydrogen-bond donors (Lipinski definition) is 0. The summed E-state index contributed by atoms with van der Waals surface area (Å²) in [4.78, 5) is 14.7. The van der Waals surface area contributed by atoms with E-state index >= 15 is 0 Å². The van der Waals surface area contributed by atoms with Gasteiger partial charge in [-0.25, -0.2) is 4.52 Å². The van der Waals surface area contributed by atoms with Crippen molar-refractivity contribution < 1.29 is 14.3 Å². The Morgan fingerprint density at radius 3 is 2.68 bits per heavy atom. The lowest BCUT2D eigenvalue weighted by Gasteiger charge is -2.32. The van der Waals surface area contributed by atoms with Crippen LogP contribution in [0.4, 0.5) is 0 Å². The number of morpholine rings is 1. The Kier molecular flexibility index (Phi) is 4.91. The normalized spacial score (nSPS) is 16.6. The van der Waals surface area contributed by atoms with Crippen LogP contribution in [0.2, 0.25) is 0 Å². The molecule has 1 atom stereocenters. The van der Waals surface area contributed by atoms with Crippen LogP contribution in [0.25, 0.3) is 16.6 Å². The lowest BCUT2D eigenvalue weighted by molar-refractivity contribution is -0.0244. The van der Waals surface area contributed by atoms with Crippen molar-refractivity contribution in [2.45, 2.75) is 6.10 Å². The average Bonchev–Trinajstić information content (AvgIpc) is 3.44. The molecule has 4 heterocycles. The van der Waals surface area contributed by atoms with Crippen LogP contribution in [0.3, 0.4) is 0 Å². The summed E-state index contributed by atoms with van der Waals surface area (Å²) < 4.78 is 14.8. The number of aromatic nitrogens is 4. The van der Waals surface area contributed by atoms with Crippen molar-refractivity contribution >= 4 is 11.4 Å². The molecule has 158 valence electrons. The number of hydrogen-bond acceptors (Lipinski definition) is 5. The van der Waals surface area contributed by atoms with E-state index in [-0.39, 0.29) is 12.0 Å². The first-order valence-electron chi connectivity index (χ1n) is 10.2. The van der Waals surface area contributed by atoms with Crippen LogP contribution >= 0.6 is 0 Å². The third-order valence-electron chi connectivity index (χ3n) is 5.69. The second kappa shape index (κ2) is 7.88. The predicted molar refractivity (Wildman–Crippen MR) is 115 cm³/mol. The molecule has 0 aliphatic carbocycles. The molecule has 1 aromatic carbocycles. The van der Waals surface area contributed by atoms with Gasteiger partial charge in [-0.2, -0.15) is 0 Å². The molecular weight excluding hydrogens is 394 g/mol. The van der Waals surface area contributed by atoms with Crippen molar-refractivity contribution in [3.63, 3.8) is 0 Å². The van der Waals surface area contributed by atoms with Gasteiger partial charge >= 0.3 is 0 Å². The third-order valence-corrected chi connectivity index (χ3v) is 5.69. The zero-order valence-corrected chi connectivity index (χ0v) is 17.4. The Balaban J connectivity index is 1.39. The minimum atomic E-state index is -0.317. The van der Waals surface area contributed by atoms with Gasteiger partial charge in [0, 0.05) is 31.5 Å². The maximum Gasteiger partial charge on any atom is 0.270 e. The molecule has 3 aromatic heterocycles. The fraction of sp³-hybridized carbons (Fsp3) is 0.261. The van der Waals surface area contributed by atoms with Gasteiger partial charge in [-0.1, -0.05) is 23.4 Å². The van der Waals surface area contributed by atoms with Gasteiger partial charge in [0.2, 0.25) is 0 Å². The summed E-state index contributed by atoms with van der Waals surface area (Å²) in [5.41, 5.74) is 4.36. The fourth-order valence-corrected chi connectivity index (χ4v) is 3.94. The molecule has 0 bridgehead atoms. The number of ether oxygens (including phenoxy) is 2. The number of carbonyl (C=O) groups is 1. The minimum absolute atomic E-state index is 0.000865. The first kappa shape index (κ1) is 19.3. The fourth-order valence-electron chi connectivity index (χ4n) is 3.94. The zero-order valence-electron chi connectivity index (χ0n) is 17.4. The number of methoxy groups -OCH3 is 1. The van der Waals surface area contributed by atoms with Crippen molar-refractivity contribution in [2.24, 2.45) is 7.05 Å². The van der Waals surface area contributed by atoms with Crippen LogP contribution in [-0.2, 0) is 11.8 Å². The lowest BCUT2D eigenvalue weighted by atomic mass is 10.1. The maximum absolute atomic E-state index is 12.9. The Labute approximate surface area is 179 Å². The minimum Gasteiger partial charge on any atom is -0.497 e. The van der Waals surface area contributed by atoms with Gasteiger partial charge in [-0.05, 0) is 35.9 Å². The van der Waals surface area contributed by atoms with E-state index in [2.05, 4.69) is 10.3 Å². The van der Waals surface area contributed by atoms with Crippen LogP contribution in [0.5, 0.6) is 5.75 Å². The smallest absolute Gasteiger partial charge is 0.270 e. The highest BCUT2D eigenvalue weighted by atomic mass is 16.5. The number of fused-ring (bicyclic) bond motifs is 1. The molecule has 8 heteroatoms. The third kappa shape index (κ3) is 3.55. The lowest BCUT2D eigenvalue weighted by Crippen LogP contribution is -2.43. The molecule has 1 aliphatic heterocycles. The molecule has 1 unspecified atom stereocenters. The quantitative estimate of drug-likeness (QED) is 0.510. The maximum atomic E-state index is 12.9. The van der Waals surface area contributed by atoms with E-state index in [9.17, 15) is 4.79 Å². The van der Waals surface area contributed by atoms with E-state index in [1.807, 2.05) is 77.4 Å². The van der Waals surface area contributed by atoms with Gasteiger partial charge < -0.3 is 18.9 Å². The molecule has 0 saturated carbocycles. The number of benzene rings is 1. The second-order valence-electron chi connectivity index (χ2n) is 7.57. The van der Waals surface area contributed by atoms with Crippen LogP contribution in [0.15, 0.2) is 60.9 Å². The van der Waals surface area contributed by atoms with Gasteiger partial charge in [-0.3, -0.25) is 4.79 Å². The van der Waals surface area contributed by atoms with Gasteiger partial charge in [0.05, 0.1) is 25.8 Å². The van der Waals surface area contributed by atoms with Gasteiger partial charge in [0.1, 0.15) is 23.2 Å². The summed E-state index contributed by atoms with van der Waals surface area (Å²) >= 11 is 0. The summed E-state index contributed by atoms with van der Waals surface area (Å²) in [6, 6.07) is 15.6. The summed E-state index contributed by atoms with van der Waals surface area (Å²) in [6.07, 6.45) is 3.50. The van der Waals surface area contributed by atoms with Gasteiger partial charge in [-0.15, -0.1) is 5.10 Å². The molecule has 1 aliphatic rings. The monoisotopic (exact) mass is 417 g/mol. The first-order valence-corrected chi connectivity index (χ1v) is 10.2. The van der Waals surface area contributed by atoms with Gasteiger partial charge in [0.25, 0.3) is 5.91 Å². The van der Waals surface area contributed by atoms with E-state index in [4.69, 9.17) is 9.47 Å². The van der Waals surface area contributed by atoms with E-state index < -0.39 is 0 Å². The van der Waals surface area contributed by atoms with Crippen molar-refractivity contribution in [2.75, 3.05) is 26.8 Å². The highest BCUT2D eigenvalue weighted by Crippen LogP contribution is 2.28. The first-order chi connectivity index (χ1) is 15.1. The van der Waals surface area contributed by atoms with Crippen molar-refractivity contribution in [3.05, 3.63) is 72.3 Å².